The average molecular weight is 275 g/mol. The van der Waals surface area contributed by atoms with Gasteiger partial charge in [0.15, 0.2) is 11.5 Å². The Morgan fingerprint density at radius 1 is 1.10 bits per heavy atom. The van der Waals surface area contributed by atoms with Crippen molar-refractivity contribution in [3.63, 3.8) is 0 Å². The Balaban J connectivity index is 1.51. The fourth-order valence-corrected chi connectivity index (χ4v) is 4.02. The zero-order chi connectivity index (χ0) is 13.9. The van der Waals surface area contributed by atoms with E-state index in [1.807, 2.05) is 6.07 Å². The predicted molar refractivity (Wildman–Crippen MR) is 80.2 cm³/mol. The van der Waals surface area contributed by atoms with Gasteiger partial charge < -0.3 is 14.8 Å². The lowest BCUT2D eigenvalue weighted by atomic mass is 9.89. The zero-order valence-electron chi connectivity index (χ0n) is 12.5. The van der Waals surface area contributed by atoms with Crippen molar-refractivity contribution in [2.24, 2.45) is 17.8 Å². The molecule has 2 saturated carbocycles. The van der Waals surface area contributed by atoms with Crippen LogP contribution < -0.4 is 14.8 Å². The summed E-state index contributed by atoms with van der Waals surface area (Å²) in [6.07, 6.45) is 5.89. The molecule has 0 saturated heterocycles. The van der Waals surface area contributed by atoms with Crippen molar-refractivity contribution in [1.29, 1.82) is 0 Å². The molecule has 20 heavy (non-hydrogen) atoms. The van der Waals surface area contributed by atoms with Gasteiger partial charge >= 0.3 is 0 Å². The van der Waals surface area contributed by atoms with Crippen molar-refractivity contribution in [3.05, 3.63) is 23.8 Å². The molecular formula is C17H25NO2. The summed E-state index contributed by atoms with van der Waals surface area (Å²) >= 11 is 0. The number of ether oxygens (including phenoxy) is 2. The van der Waals surface area contributed by atoms with Crippen LogP contribution in [0.5, 0.6) is 11.5 Å². The Labute approximate surface area is 121 Å². The molecule has 2 fully saturated rings. The van der Waals surface area contributed by atoms with E-state index < -0.39 is 0 Å². The maximum atomic E-state index is 5.34. The summed E-state index contributed by atoms with van der Waals surface area (Å²) in [5.74, 6) is 4.55. The van der Waals surface area contributed by atoms with Crippen LogP contribution in [0.3, 0.4) is 0 Å². The van der Waals surface area contributed by atoms with E-state index in [1.54, 1.807) is 14.2 Å². The van der Waals surface area contributed by atoms with Gasteiger partial charge in [0.25, 0.3) is 0 Å². The van der Waals surface area contributed by atoms with Gasteiger partial charge in [0.1, 0.15) is 0 Å². The van der Waals surface area contributed by atoms with Crippen LogP contribution in [0.1, 0.15) is 31.2 Å². The lowest BCUT2D eigenvalue weighted by Crippen LogP contribution is -2.26. The molecule has 3 rings (SSSR count). The minimum absolute atomic E-state index is 0.796. The van der Waals surface area contributed by atoms with Gasteiger partial charge in [-0.15, -0.1) is 0 Å². The number of benzene rings is 1. The van der Waals surface area contributed by atoms with Gasteiger partial charge in [-0.25, -0.2) is 0 Å². The Morgan fingerprint density at radius 3 is 2.60 bits per heavy atom. The van der Waals surface area contributed by atoms with Gasteiger partial charge in [0.2, 0.25) is 0 Å². The highest BCUT2D eigenvalue weighted by Crippen LogP contribution is 2.47. The molecule has 2 aliphatic carbocycles. The topological polar surface area (TPSA) is 30.5 Å². The standard InChI is InChI=1S/C17H25NO2/c1-19-16-6-4-13(9-17(16)20-2)10-18-11-15-8-12-3-5-14(15)7-12/h4,6,9,12,14-15,18H,3,5,7-8,10-11H2,1-2H3. The molecule has 0 radical (unpaired) electrons. The summed E-state index contributed by atoms with van der Waals surface area (Å²) in [5, 5.41) is 3.62. The van der Waals surface area contributed by atoms with Crippen LogP contribution in [0.15, 0.2) is 18.2 Å². The van der Waals surface area contributed by atoms with E-state index in [-0.39, 0.29) is 0 Å². The highest BCUT2D eigenvalue weighted by Gasteiger charge is 2.38. The minimum atomic E-state index is 0.796. The molecule has 3 unspecified atom stereocenters. The third-order valence-electron chi connectivity index (χ3n) is 5.07. The van der Waals surface area contributed by atoms with Gasteiger partial charge in [0, 0.05) is 6.54 Å². The fourth-order valence-electron chi connectivity index (χ4n) is 4.02. The van der Waals surface area contributed by atoms with E-state index in [4.69, 9.17) is 9.47 Å². The summed E-state index contributed by atoms with van der Waals surface area (Å²) < 4.78 is 10.6. The van der Waals surface area contributed by atoms with Crippen molar-refractivity contribution >= 4 is 0 Å². The second-order valence-corrected chi connectivity index (χ2v) is 6.26. The van der Waals surface area contributed by atoms with E-state index in [0.29, 0.717) is 0 Å². The summed E-state index contributed by atoms with van der Waals surface area (Å²) in [6, 6.07) is 6.15. The first-order chi connectivity index (χ1) is 9.80. The van der Waals surface area contributed by atoms with Crippen molar-refractivity contribution < 1.29 is 9.47 Å². The molecule has 3 heteroatoms. The Bertz CT molecular complexity index is 460. The maximum Gasteiger partial charge on any atom is 0.161 e. The van der Waals surface area contributed by atoms with Crippen LogP contribution in [-0.2, 0) is 6.54 Å². The predicted octanol–water partition coefficient (Wildman–Crippen LogP) is 3.23. The molecule has 1 aromatic rings. The number of hydrogen-bond acceptors (Lipinski definition) is 3. The quantitative estimate of drug-likeness (QED) is 0.864. The van der Waals surface area contributed by atoms with Gasteiger partial charge in [-0.3, -0.25) is 0 Å². The lowest BCUT2D eigenvalue weighted by Gasteiger charge is -2.22. The van der Waals surface area contributed by atoms with E-state index in [0.717, 1.165) is 42.3 Å². The second kappa shape index (κ2) is 6.04. The first kappa shape index (κ1) is 13.7. The van der Waals surface area contributed by atoms with Crippen LogP contribution in [-0.4, -0.2) is 20.8 Å². The number of methoxy groups -OCH3 is 2. The first-order valence-electron chi connectivity index (χ1n) is 7.71. The third-order valence-corrected chi connectivity index (χ3v) is 5.07. The van der Waals surface area contributed by atoms with Crippen LogP contribution in [0.25, 0.3) is 0 Å². The largest absolute Gasteiger partial charge is 0.493 e. The summed E-state index contributed by atoms with van der Waals surface area (Å²) in [5.41, 5.74) is 1.26. The molecule has 1 aromatic carbocycles. The van der Waals surface area contributed by atoms with Gasteiger partial charge in [-0.05, 0) is 61.3 Å². The number of rotatable bonds is 6. The maximum absolute atomic E-state index is 5.34. The van der Waals surface area contributed by atoms with Crippen molar-refractivity contribution in [3.8, 4) is 11.5 Å². The minimum Gasteiger partial charge on any atom is -0.493 e. The molecule has 0 heterocycles. The number of nitrogens with one attached hydrogen (secondary N) is 1. The van der Waals surface area contributed by atoms with Crippen molar-refractivity contribution in [2.45, 2.75) is 32.2 Å². The summed E-state index contributed by atoms with van der Waals surface area (Å²) in [6.45, 7) is 2.07. The lowest BCUT2D eigenvalue weighted by molar-refractivity contribution is 0.318. The highest BCUT2D eigenvalue weighted by atomic mass is 16.5. The zero-order valence-corrected chi connectivity index (χ0v) is 12.5. The van der Waals surface area contributed by atoms with E-state index in [1.165, 1.54) is 31.2 Å². The molecule has 110 valence electrons. The summed E-state index contributed by atoms with van der Waals surface area (Å²) in [4.78, 5) is 0. The van der Waals surface area contributed by atoms with Crippen molar-refractivity contribution in [1.82, 2.24) is 5.32 Å². The molecule has 0 aliphatic heterocycles. The number of fused-ring (bicyclic) bond motifs is 2. The van der Waals surface area contributed by atoms with E-state index >= 15 is 0 Å². The molecule has 1 N–H and O–H groups in total. The van der Waals surface area contributed by atoms with Crippen LogP contribution in [0.2, 0.25) is 0 Å². The SMILES string of the molecule is COc1ccc(CNCC2CC3CCC2C3)cc1OC. The molecule has 3 atom stereocenters. The highest BCUT2D eigenvalue weighted by molar-refractivity contribution is 5.42. The number of hydrogen-bond donors (Lipinski definition) is 1. The Morgan fingerprint density at radius 2 is 1.95 bits per heavy atom. The second-order valence-electron chi connectivity index (χ2n) is 6.26. The molecule has 2 aliphatic rings. The molecule has 0 amide bonds. The van der Waals surface area contributed by atoms with Crippen LogP contribution in [0, 0.1) is 17.8 Å². The average Bonchev–Trinajstić information content (AvgIpc) is 3.09. The molecule has 0 spiro atoms. The van der Waals surface area contributed by atoms with Gasteiger partial charge in [-0.1, -0.05) is 12.5 Å². The molecular weight excluding hydrogens is 250 g/mol. The van der Waals surface area contributed by atoms with Gasteiger partial charge in [0.05, 0.1) is 14.2 Å². The summed E-state index contributed by atoms with van der Waals surface area (Å²) in [7, 11) is 3.36. The van der Waals surface area contributed by atoms with Crippen LogP contribution in [0.4, 0.5) is 0 Å². The fraction of sp³-hybridized carbons (Fsp3) is 0.647. The van der Waals surface area contributed by atoms with Crippen LogP contribution >= 0.6 is 0 Å². The molecule has 2 bridgehead atoms. The van der Waals surface area contributed by atoms with E-state index in [2.05, 4.69) is 17.4 Å². The first-order valence-corrected chi connectivity index (χ1v) is 7.71. The molecule has 3 nitrogen and oxygen atoms in total. The van der Waals surface area contributed by atoms with E-state index in [9.17, 15) is 0 Å². The smallest absolute Gasteiger partial charge is 0.161 e. The Kier molecular flexibility index (Phi) is 4.16. The third kappa shape index (κ3) is 2.78. The molecule has 0 aromatic heterocycles. The normalized spacial score (nSPS) is 27.8. The monoisotopic (exact) mass is 275 g/mol. The van der Waals surface area contributed by atoms with Gasteiger partial charge in [-0.2, -0.15) is 0 Å². The Hall–Kier alpha value is -1.22. The van der Waals surface area contributed by atoms with Crippen molar-refractivity contribution in [2.75, 3.05) is 20.8 Å².